The van der Waals surface area contributed by atoms with Crippen LogP contribution in [0.3, 0.4) is 0 Å². The normalized spacial score (nSPS) is 20.9. The molecule has 2 aliphatic rings. The van der Waals surface area contributed by atoms with Crippen LogP contribution in [0.1, 0.15) is 25.7 Å². The minimum atomic E-state index is -0.424. The lowest BCUT2D eigenvalue weighted by Crippen LogP contribution is -2.45. The topological polar surface area (TPSA) is 58.6 Å². The van der Waals surface area contributed by atoms with Crippen LogP contribution in [0.15, 0.2) is 16.6 Å². The number of nitrogens with one attached hydrogen (secondary N) is 1. The fourth-order valence-electron chi connectivity index (χ4n) is 2.83. The van der Waals surface area contributed by atoms with Crippen molar-refractivity contribution >= 4 is 33.4 Å². The summed E-state index contributed by atoms with van der Waals surface area (Å²) in [5, 5.41) is 2.84. The van der Waals surface area contributed by atoms with Crippen LogP contribution in [0, 0.1) is 5.82 Å². The zero-order chi connectivity index (χ0) is 15.7. The summed E-state index contributed by atoms with van der Waals surface area (Å²) in [5.74, 6) is -0.146. The smallest absolute Gasteiger partial charge is 0.229 e. The molecule has 7 heteroatoms. The van der Waals surface area contributed by atoms with Gasteiger partial charge in [-0.2, -0.15) is 0 Å². The number of nitrogens with zero attached hydrogens (tertiary/aromatic N) is 1. The Bertz CT molecular complexity index is 623. The van der Waals surface area contributed by atoms with Gasteiger partial charge in [0.05, 0.1) is 16.7 Å². The maximum absolute atomic E-state index is 13.6. The van der Waals surface area contributed by atoms with Gasteiger partial charge in [-0.15, -0.1) is 0 Å². The maximum atomic E-state index is 13.6. The third kappa shape index (κ3) is 3.09. The molecular formula is C15H16BrFN2O3. The number of hydrogen-bond acceptors (Lipinski definition) is 3. The van der Waals surface area contributed by atoms with Crippen molar-refractivity contribution in [2.75, 3.05) is 18.1 Å². The van der Waals surface area contributed by atoms with Crippen LogP contribution in [0.25, 0.3) is 0 Å². The van der Waals surface area contributed by atoms with Crippen LogP contribution < -0.4 is 15.0 Å². The van der Waals surface area contributed by atoms with Crippen molar-refractivity contribution < 1.29 is 18.7 Å². The Balaban J connectivity index is 1.77. The van der Waals surface area contributed by atoms with Crippen molar-refractivity contribution in [3.05, 3.63) is 22.4 Å². The average molecular weight is 371 g/mol. The molecule has 0 radical (unpaired) electrons. The molecule has 0 aliphatic carbocycles. The third-order valence-corrected chi connectivity index (χ3v) is 4.52. The number of rotatable bonds is 2. The highest BCUT2D eigenvalue weighted by Crippen LogP contribution is 2.36. The van der Waals surface area contributed by atoms with Gasteiger partial charge in [0.25, 0.3) is 0 Å². The predicted molar refractivity (Wildman–Crippen MR) is 82.3 cm³/mol. The molecule has 0 bridgehead atoms. The minimum absolute atomic E-state index is 0.00348. The second-order valence-corrected chi connectivity index (χ2v) is 6.34. The van der Waals surface area contributed by atoms with E-state index < -0.39 is 5.82 Å². The highest BCUT2D eigenvalue weighted by molar-refractivity contribution is 9.10. The summed E-state index contributed by atoms with van der Waals surface area (Å²) >= 11 is 3.13. The van der Waals surface area contributed by atoms with Gasteiger partial charge in [-0.3, -0.25) is 9.59 Å². The highest BCUT2D eigenvalue weighted by Gasteiger charge is 2.28. The van der Waals surface area contributed by atoms with E-state index in [1.165, 1.54) is 6.07 Å². The van der Waals surface area contributed by atoms with Crippen molar-refractivity contribution in [1.29, 1.82) is 0 Å². The van der Waals surface area contributed by atoms with E-state index in [1.807, 2.05) is 0 Å². The lowest BCUT2D eigenvalue weighted by molar-refractivity contribution is -0.124. The molecule has 2 aliphatic heterocycles. The number of carbonyl (C=O) groups excluding carboxylic acids is 2. The summed E-state index contributed by atoms with van der Waals surface area (Å²) in [6, 6.07) is 2.71. The summed E-state index contributed by atoms with van der Waals surface area (Å²) in [7, 11) is 0. The summed E-state index contributed by atoms with van der Waals surface area (Å²) in [6.45, 7) is 0.751. The fourth-order valence-corrected chi connectivity index (χ4v) is 3.16. The Morgan fingerprint density at radius 2 is 2.32 bits per heavy atom. The second-order valence-electron chi connectivity index (χ2n) is 5.49. The number of fused-ring (bicyclic) bond motifs is 1. The number of halogens is 2. The monoisotopic (exact) mass is 370 g/mol. The summed E-state index contributed by atoms with van der Waals surface area (Å²) in [6.07, 6.45) is 2.39. The molecule has 1 aromatic carbocycles. The Morgan fingerprint density at radius 1 is 1.50 bits per heavy atom. The SMILES string of the molecule is O=C1CCCC(CC(=O)N2CCOc3cc(F)c(Br)cc32)N1. The van der Waals surface area contributed by atoms with E-state index in [4.69, 9.17) is 4.74 Å². The van der Waals surface area contributed by atoms with E-state index in [-0.39, 0.29) is 24.3 Å². The summed E-state index contributed by atoms with van der Waals surface area (Å²) in [5.41, 5.74) is 0.562. The molecule has 1 saturated heterocycles. The number of ether oxygens (including phenoxy) is 1. The summed E-state index contributed by atoms with van der Waals surface area (Å²) < 4.78 is 19.3. The van der Waals surface area contributed by atoms with Crippen molar-refractivity contribution in [2.24, 2.45) is 0 Å². The first-order valence-electron chi connectivity index (χ1n) is 7.26. The molecule has 0 aromatic heterocycles. The molecule has 2 amide bonds. The molecule has 0 saturated carbocycles. The van der Waals surface area contributed by atoms with Gasteiger partial charge in [-0.25, -0.2) is 4.39 Å². The average Bonchev–Trinajstić information content (AvgIpc) is 2.48. The number of benzene rings is 1. The Kier molecular flexibility index (Phi) is 4.33. The van der Waals surface area contributed by atoms with Crippen LogP contribution in [-0.2, 0) is 9.59 Å². The maximum Gasteiger partial charge on any atom is 0.229 e. The number of piperidine rings is 1. The van der Waals surface area contributed by atoms with Gasteiger partial charge >= 0.3 is 0 Å². The van der Waals surface area contributed by atoms with Crippen molar-refractivity contribution in [1.82, 2.24) is 5.32 Å². The molecule has 5 nitrogen and oxygen atoms in total. The van der Waals surface area contributed by atoms with Crippen LogP contribution in [0.5, 0.6) is 5.75 Å². The first kappa shape index (κ1) is 15.3. The number of anilines is 1. The first-order chi connectivity index (χ1) is 10.5. The molecule has 22 heavy (non-hydrogen) atoms. The molecule has 0 spiro atoms. The van der Waals surface area contributed by atoms with Crippen LogP contribution in [0.2, 0.25) is 0 Å². The number of amides is 2. The molecule has 1 unspecified atom stereocenters. The molecular weight excluding hydrogens is 355 g/mol. The molecule has 1 N–H and O–H groups in total. The van der Waals surface area contributed by atoms with Crippen LogP contribution in [0.4, 0.5) is 10.1 Å². The Hall–Kier alpha value is -1.63. The quantitative estimate of drug-likeness (QED) is 0.869. The van der Waals surface area contributed by atoms with E-state index in [2.05, 4.69) is 21.2 Å². The van der Waals surface area contributed by atoms with E-state index in [1.54, 1.807) is 11.0 Å². The van der Waals surface area contributed by atoms with Gasteiger partial charge in [0.15, 0.2) is 0 Å². The number of carbonyl (C=O) groups is 2. The molecule has 1 aromatic rings. The van der Waals surface area contributed by atoms with Crippen LogP contribution in [-0.4, -0.2) is 31.0 Å². The molecule has 2 heterocycles. The second kappa shape index (κ2) is 6.24. The lowest BCUT2D eigenvalue weighted by atomic mass is 10.0. The lowest BCUT2D eigenvalue weighted by Gasteiger charge is -2.32. The van der Waals surface area contributed by atoms with Crippen molar-refractivity contribution in [3.8, 4) is 5.75 Å². The Morgan fingerprint density at radius 3 is 3.09 bits per heavy atom. The molecule has 1 atom stereocenters. The van der Waals surface area contributed by atoms with Crippen molar-refractivity contribution in [3.63, 3.8) is 0 Å². The van der Waals surface area contributed by atoms with E-state index >= 15 is 0 Å². The van der Waals surface area contributed by atoms with Gasteiger partial charge in [0.2, 0.25) is 11.8 Å². The van der Waals surface area contributed by atoms with E-state index in [9.17, 15) is 14.0 Å². The minimum Gasteiger partial charge on any atom is -0.489 e. The third-order valence-electron chi connectivity index (χ3n) is 3.91. The highest BCUT2D eigenvalue weighted by atomic mass is 79.9. The fraction of sp³-hybridized carbons (Fsp3) is 0.467. The zero-order valence-corrected chi connectivity index (χ0v) is 13.5. The van der Waals surface area contributed by atoms with Gasteiger partial charge < -0.3 is 15.0 Å². The van der Waals surface area contributed by atoms with Gasteiger partial charge in [-0.1, -0.05) is 0 Å². The Labute approximate surface area is 135 Å². The van der Waals surface area contributed by atoms with Gasteiger partial charge in [0, 0.05) is 24.9 Å². The van der Waals surface area contributed by atoms with E-state index in [0.717, 1.165) is 12.8 Å². The first-order valence-corrected chi connectivity index (χ1v) is 8.05. The summed E-state index contributed by atoms with van der Waals surface area (Å²) in [4.78, 5) is 25.6. The molecule has 118 valence electrons. The number of hydrogen-bond donors (Lipinski definition) is 1. The predicted octanol–water partition coefficient (Wildman–Crippen LogP) is 2.37. The van der Waals surface area contributed by atoms with Crippen LogP contribution >= 0.6 is 15.9 Å². The van der Waals surface area contributed by atoms with Crippen molar-refractivity contribution in [2.45, 2.75) is 31.7 Å². The van der Waals surface area contributed by atoms with E-state index in [0.29, 0.717) is 35.5 Å². The largest absolute Gasteiger partial charge is 0.489 e. The zero-order valence-electron chi connectivity index (χ0n) is 11.9. The standard InChI is InChI=1S/C15H16BrFN2O3/c16-10-7-12-13(8-11(10)17)22-5-4-19(12)15(21)6-9-2-1-3-14(20)18-9/h7-9H,1-6H2,(H,18,20). The molecule has 1 fully saturated rings. The molecule has 3 rings (SSSR count). The van der Waals surface area contributed by atoms with Gasteiger partial charge in [0.1, 0.15) is 18.2 Å². The van der Waals surface area contributed by atoms with Gasteiger partial charge in [-0.05, 0) is 34.8 Å².